The lowest BCUT2D eigenvalue weighted by Gasteiger charge is -2.19. The Labute approximate surface area is 144 Å². The molecule has 2 heterocycles. The van der Waals surface area contributed by atoms with E-state index in [-0.39, 0.29) is 6.54 Å². The molecule has 2 aromatic rings. The number of aryl methyl sites for hydroxylation is 1. The molecule has 1 atom stereocenters. The van der Waals surface area contributed by atoms with Crippen LogP contribution in [0.1, 0.15) is 35.8 Å². The molecule has 0 bridgehead atoms. The molecule has 1 unspecified atom stereocenters. The highest BCUT2D eigenvalue weighted by Gasteiger charge is 2.33. The highest BCUT2D eigenvalue weighted by molar-refractivity contribution is 6.31. The minimum absolute atomic E-state index is 0.0942. The molecule has 6 nitrogen and oxygen atoms in total. The first-order valence-corrected chi connectivity index (χ1v) is 7.83. The number of benzene rings is 1. The van der Waals surface area contributed by atoms with E-state index < -0.39 is 34.5 Å². The molecule has 0 radical (unpaired) electrons. The Bertz CT molecular complexity index is 888. The topological polar surface area (TPSA) is 77.1 Å². The third-order valence-corrected chi connectivity index (χ3v) is 4.40. The van der Waals surface area contributed by atoms with Crippen LogP contribution in [0.3, 0.4) is 0 Å². The van der Waals surface area contributed by atoms with Crippen LogP contribution in [0.15, 0.2) is 23.0 Å². The molecular weight excluding hydrogens is 363 g/mol. The number of fused-ring (bicyclic) bond motifs is 1. The average molecular weight is 376 g/mol. The molecule has 0 spiro atoms. The van der Waals surface area contributed by atoms with Crippen molar-refractivity contribution < 1.29 is 23.1 Å². The largest absolute Gasteiger partial charge is 0.480 e. The number of nitrogens with zero attached hydrogens (tertiary/aromatic N) is 3. The maximum Gasteiger partial charge on any atom is 0.417 e. The summed E-state index contributed by atoms with van der Waals surface area (Å²) in [6.07, 6.45) is -3.16. The molecule has 3 rings (SSSR count). The van der Waals surface area contributed by atoms with Gasteiger partial charge in [-0.1, -0.05) is 17.7 Å². The van der Waals surface area contributed by atoms with Gasteiger partial charge in [0.15, 0.2) is 0 Å². The number of carboxylic acid groups (broad SMARTS) is 1. The number of hydrogen-bond acceptors (Lipinski definition) is 3. The molecule has 0 aliphatic carbocycles. The monoisotopic (exact) mass is 375 g/mol. The van der Waals surface area contributed by atoms with Crippen molar-refractivity contribution in [2.24, 2.45) is 0 Å². The van der Waals surface area contributed by atoms with Crippen LogP contribution in [0, 0.1) is 0 Å². The number of hydrogen-bond donors (Lipinski definition) is 1. The molecular formula is C15H13ClF3N3O3. The number of carbonyl (C=O) groups is 1. The normalized spacial score (nSPS) is 17.4. The van der Waals surface area contributed by atoms with Gasteiger partial charge < -0.3 is 5.11 Å². The summed E-state index contributed by atoms with van der Waals surface area (Å²) in [5, 5.41) is 12.9. The first kappa shape index (κ1) is 17.5. The highest BCUT2D eigenvalue weighted by atomic mass is 35.5. The van der Waals surface area contributed by atoms with Crippen LogP contribution < -0.4 is 5.69 Å². The smallest absolute Gasteiger partial charge is 0.417 e. The van der Waals surface area contributed by atoms with E-state index in [0.29, 0.717) is 30.7 Å². The lowest BCUT2D eigenvalue weighted by Crippen LogP contribution is -2.34. The second-order valence-electron chi connectivity index (χ2n) is 5.78. The van der Waals surface area contributed by atoms with Crippen molar-refractivity contribution in [3.05, 3.63) is 50.7 Å². The van der Waals surface area contributed by atoms with E-state index in [1.54, 1.807) is 0 Å². The van der Waals surface area contributed by atoms with Crippen molar-refractivity contribution in [2.45, 2.75) is 38.0 Å². The summed E-state index contributed by atoms with van der Waals surface area (Å²) in [4.78, 5) is 23.7. The van der Waals surface area contributed by atoms with Gasteiger partial charge >= 0.3 is 17.8 Å². The van der Waals surface area contributed by atoms with Crippen LogP contribution in [0.4, 0.5) is 13.2 Å². The fourth-order valence-corrected chi connectivity index (χ4v) is 3.24. The third kappa shape index (κ3) is 3.28. The Kier molecular flexibility index (Phi) is 4.36. The minimum atomic E-state index is -4.56. The molecule has 1 aromatic carbocycles. The molecule has 1 N–H and O–H groups in total. The van der Waals surface area contributed by atoms with Gasteiger partial charge in [0.2, 0.25) is 0 Å². The molecule has 0 saturated carbocycles. The molecule has 10 heteroatoms. The van der Waals surface area contributed by atoms with E-state index >= 15 is 0 Å². The van der Waals surface area contributed by atoms with E-state index in [1.165, 1.54) is 6.07 Å². The van der Waals surface area contributed by atoms with Gasteiger partial charge in [-0.3, -0.25) is 4.57 Å². The van der Waals surface area contributed by atoms with Crippen LogP contribution in [0.2, 0.25) is 5.02 Å². The van der Waals surface area contributed by atoms with Crippen LogP contribution in [0.5, 0.6) is 0 Å². The summed E-state index contributed by atoms with van der Waals surface area (Å²) >= 11 is 5.68. The van der Waals surface area contributed by atoms with Crippen LogP contribution in [0.25, 0.3) is 0 Å². The predicted molar refractivity (Wildman–Crippen MR) is 81.7 cm³/mol. The number of aliphatic carboxylic acids is 1. The van der Waals surface area contributed by atoms with Gasteiger partial charge in [0.1, 0.15) is 11.9 Å². The van der Waals surface area contributed by atoms with Gasteiger partial charge in [-0.15, -0.1) is 0 Å². The third-order valence-electron chi connectivity index (χ3n) is 4.09. The molecule has 0 fully saturated rings. The van der Waals surface area contributed by atoms with Crippen molar-refractivity contribution in [1.29, 1.82) is 0 Å². The van der Waals surface area contributed by atoms with Crippen molar-refractivity contribution in [3.8, 4) is 0 Å². The van der Waals surface area contributed by atoms with Crippen molar-refractivity contribution >= 4 is 17.6 Å². The molecule has 1 aliphatic rings. The van der Waals surface area contributed by atoms with Gasteiger partial charge in [-0.05, 0) is 30.5 Å². The summed E-state index contributed by atoms with van der Waals surface area (Å²) in [7, 11) is 0. The van der Waals surface area contributed by atoms with E-state index in [9.17, 15) is 27.9 Å². The lowest BCUT2D eigenvalue weighted by atomic mass is 10.1. The van der Waals surface area contributed by atoms with Crippen LogP contribution in [-0.4, -0.2) is 25.4 Å². The summed E-state index contributed by atoms with van der Waals surface area (Å²) in [6.45, 7) is -0.0942. The molecule has 1 aromatic heterocycles. The SMILES string of the molecule is O=C(O)C1CCCc2nn(Cc3ccc(C(F)(F)F)c(Cl)c3)c(=O)n21. The number of alkyl halides is 3. The minimum Gasteiger partial charge on any atom is -0.480 e. The first-order valence-electron chi connectivity index (χ1n) is 7.45. The van der Waals surface area contributed by atoms with Crippen LogP contribution in [-0.2, 0) is 23.9 Å². The van der Waals surface area contributed by atoms with Gasteiger partial charge in [0.05, 0.1) is 17.1 Å². The molecule has 0 saturated heterocycles. The van der Waals surface area contributed by atoms with E-state index in [4.69, 9.17) is 11.6 Å². The van der Waals surface area contributed by atoms with Crippen molar-refractivity contribution in [1.82, 2.24) is 14.3 Å². The fourth-order valence-electron chi connectivity index (χ4n) is 2.93. The summed E-state index contributed by atoms with van der Waals surface area (Å²) in [6, 6.07) is 2.22. The quantitative estimate of drug-likeness (QED) is 0.894. The average Bonchev–Trinajstić information content (AvgIpc) is 2.82. The maximum atomic E-state index is 12.7. The molecule has 1 aliphatic heterocycles. The Morgan fingerprint density at radius 1 is 1.40 bits per heavy atom. The van der Waals surface area contributed by atoms with Crippen molar-refractivity contribution in [3.63, 3.8) is 0 Å². The maximum absolute atomic E-state index is 12.7. The second kappa shape index (κ2) is 6.21. The Hall–Kier alpha value is -2.29. The predicted octanol–water partition coefficient (Wildman–Crippen LogP) is 2.73. The molecule has 134 valence electrons. The number of rotatable bonds is 3. The lowest BCUT2D eigenvalue weighted by molar-refractivity contribution is -0.141. The zero-order valence-corrected chi connectivity index (χ0v) is 13.5. The zero-order valence-electron chi connectivity index (χ0n) is 12.8. The van der Waals surface area contributed by atoms with E-state index in [1.807, 2.05) is 0 Å². The summed E-state index contributed by atoms with van der Waals surface area (Å²) in [5.74, 6) is -0.748. The summed E-state index contributed by atoms with van der Waals surface area (Å²) in [5.41, 5.74) is -1.19. The zero-order chi connectivity index (χ0) is 18.4. The Morgan fingerprint density at radius 3 is 2.72 bits per heavy atom. The van der Waals surface area contributed by atoms with Crippen LogP contribution >= 0.6 is 11.6 Å². The van der Waals surface area contributed by atoms with Gasteiger partial charge in [0, 0.05) is 6.42 Å². The highest BCUT2D eigenvalue weighted by Crippen LogP contribution is 2.35. The first-order chi connectivity index (χ1) is 11.7. The fraction of sp³-hybridized carbons (Fsp3) is 0.400. The van der Waals surface area contributed by atoms with E-state index in [0.717, 1.165) is 21.4 Å². The Balaban J connectivity index is 1.94. The van der Waals surface area contributed by atoms with Crippen molar-refractivity contribution in [2.75, 3.05) is 0 Å². The Morgan fingerprint density at radius 2 is 2.12 bits per heavy atom. The second-order valence-corrected chi connectivity index (χ2v) is 6.19. The van der Waals surface area contributed by atoms with E-state index in [2.05, 4.69) is 5.10 Å². The number of halogens is 4. The number of carboxylic acids is 1. The van der Waals surface area contributed by atoms with Gasteiger partial charge in [0.25, 0.3) is 0 Å². The van der Waals surface area contributed by atoms with Gasteiger partial charge in [-0.2, -0.15) is 18.3 Å². The standard InChI is InChI=1S/C15H13ClF3N3O3/c16-10-6-8(4-5-9(10)15(17,18)19)7-21-14(25)22-11(13(23)24)2-1-3-12(22)20-21/h4-6,11H,1-3,7H2,(H,23,24). The summed E-state index contributed by atoms with van der Waals surface area (Å²) < 4.78 is 40.4. The number of aromatic nitrogens is 3. The van der Waals surface area contributed by atoms with Gasteiger partial charge in [-0.25, -0.2) is 14.3 Å². The molecule has 0 amide bonds. The molecule has 25 heavy (non-hydrogen) atoms.